The Labute approximate surface area is 126 Å². The molecule has 9 nitrogen and oxygen atoms in total. The highest BCUT2D eigenvalue weighted by molar-refractivity contribution is 5.95. The molecule has 0 atom stereocenters. The Bertz CT molecular complexity index is 660. The van der Waals surface area contributed by atoms with Crippen molar-refractivity contribution in [3.63, 3.8) is 0 Å². The van der Waals surface area contributed by atoms with Gasteiger partial charge in [-0.3, -0.25) is 0 Å². The second kappa shape index (κ2) is 7.55. The summed E-state index contributed by atoms with van der Waals surface area (Å²) in [5.74, 6) is -3.48. The summed E-state index contributed by atoms with van der Waals surface area (Å²) in [5.41, 5.74) is 4.56. The summed E-state index contributed by atoms with van der Waals surface area (Å²) in [7, 11) is 0. The first-order chi connectivity index (χ1) is 10.5. The van der Waals surface area contributed by atoms with Gasteiger partial charge in [-0.05, 0) is 13.8 Å². The summed E-state index contributed by atoms with van der Waals surface area (Å²) in [6, 6.07) is 3.33. The predicted octanol–water partition coefficient (Wildman–Crippen LogP) is 0.543. The highest BCUT2D eigenvalue weighted by atomic mass is 16.5. The lowest BCUT2D eigenvalue weighted by Crippen LogP contribution is -2.20. The monoisotopic (exact) mass is 303 g/mol. The van der Waals surface area contributed by atoms with Crippen LogP contribution in [-0.2, 0) is 9.47 Å². The molecule has 9 heteroatoms. The van der Waals surface area contributed by atoms with E-state index in [2.05, 4.69) is 9.97 Å². The van der Waals surface area contributed by atoms with E-state index >= 15 is 0 Å². The zero-order valence-corrected chi connectivity index (χ0v) is 12.0. The van der Waals surface area contributed by atoms with E-state index in [-0.39, 0.29) is 30.4 Å². The van der Waals surface area contributed by atoms with E-state index in [0.717, 1.165) is 0 Å². The second-order valence-electron chi connectivity index (χ2n) is 3.82. The SMILES string of the molecule is CCOC(=O)c1nc(C(=O)OCC)c(C(C#N)C#N)nc1N. The van der Waals surface area contributed by atoms with Crippen LogP contribution in [-0.4, -0.2) is 35.1 Å². The van der Waals surface area contributed by atoms with Crippen LogP contribution in [0.2, 0.25) is 0 Å². The number of aromatic nitrogens is 2. The third-order valence-corrected chi connectivity index (χ3v) is 2.42. The largest absolute Gasteiger partial charge is 0.461 e. The van der Waals surface area contributed by atoms with Gasteiger partial charge in [0.1, 0.15) is 5.69 Å². The number of rotatable bonds is 5. The smallest absolute Gasteiger partial charge is 0.360 e. The number of nitrogens with two attached hydrogens (primary N) is 1. The molecule has 114 valence electrons. The normalized spacial score (nSPS) is 9.68. The number of carbonyl (C=O) groups is 2. The van der Waals surface area contributed by atoms with Gasteiger partial charge in [-0.25, -0.2) is 19.6 Å². The Morgan fingerprint density at radius 1 is 1.09 bits per heavy atom. The van der Waals surface area contributed by atoms with Gasteiger partial charge in [0.2, 0.25) is 0 Å². The quantitative estimate of drug-likeness (QED) is 0.768. The van der Waals surface area contributed by atoms with Crippen molar-refractivity contribution in [2.75, 3.05) is 18.9 Å². The molecule has 0 bridgehead atoms. The number of anilines is 1. The maximum absolute atomic E-state index is 11.9. The number of hydrogen-bond acceptors (Lipinski definition) is 9. The Morgan fingerprint density at radius 3 is 2.05 bits per heavy atom. The average molecular weight is 303 g/mol. The van der Waals surface area contributed by atoms with Gasteiger partial charge in [0, 0.05) is 0 Å². The second-order valence-corrected chi connectivity index (χ2v) is 3.82. The molecular weight excluding hydrogens is 290 g/mol. The molecular formula is C13H13N5O4. The minimum atomic E-state index is -1.37. The molecule has 0 aliphatic carbocycles. The molecule has 0 spiro atoms. The number of esters is 2. The van der Waals surface area contributed by atoms with Gasteiger partial charge in [0.15, 0.2) is 23.1 Å². The Balaban J connectivity index is 3.49. The minimum absolute atomic E-state index is 0.0445. The van der Waals surface area contributed by atoms with Gasteiger partial charge in [-0.15, -0.1) is 0 Å². The first kappa shape index (κ1) is 16.9. The molecule has 2 N–H and O–H groups in total. The number of nitrogens with zero attached hydrogens (tertiary/aromatic N) is 4. The maximum Gasteiger partial charge on any atom is 0.360 e. The fourth-order valence-electron chi connectivity index (χ4n) is 1.51. The fraction of sp³-hybridized carbons (Fsp3) is 0.385. The van der Waals surface area contributed by atoms with Crippen molar-refractivity contribution >= 4 is 17.8 Å². The van der Waals surface area contributed by atoms with Gasteiger partial charge in [0.05, 0.1) is 25.4 Å². The van der Waals surface area contributed by atoms with Crippen LogP contribution in [0.25, 0.3) is 0 Å². The standard InChI is InChI=1S/C13H13N5O4/c1-3-21-12(19)9-8(7(5-14)6-15)18-11(16)10(17-9)13(20)22-4-2/h7H,3-4H2,1-2H3,(H2,16,18). The van der Waals surface area contributed by atoms with Crippen LogP contribution >= 0.6 is 0 Å². The van der Waals surface area contributed by atoms with Crippen LogP contribution in [0.5, 0.6) is 0 Å². The number of ether oxygens (including phenoxy) is 2. The van der Waals surface area contributed by atoms with Crippen molar-refractivity contribution in [2.24, 2.45) is 0 Å². The molecule has 0 saturated carbocycles. The van der Waals surface area contributed by atoms with E-state index in [1.54, 1.807) is 26.0 Å². The number of carbonyl (C=O) groups excluding carboxylic acids is 2. The third-order valence-electron chi connectivity index (χ3n) is 2.42. The highest BCUT2D eigenvalue weighted by Crippen LogP contribution is 2.20. The Hall–Kier alpha value is -3.20. The molecule has 0 radical (unpaired) electrons. The van der Waals surface area contributed by atoms with Gasteiger partial charge >= 0.3 is 11.9 Å². The fourth-order valence-corrected chi connectivity index (χ4v) is 1.51. The van der Waals surface area contributed by atoms with Crippen LogP contribution in [0.15, 0.2) is 0 Å². The van der Waals surface area contributed by atoms with Crippen molar-refractivity contribution < 1.29 is 19.1 Å². The summed E-state index contributed by atoms with van der Waals surface area (Å²) in [4.78, 5) is 31.2. The van der Waals surface area contributed by atoms with Crippen molar-refractivity contribution in [1.29, 1.82) is 10.5 Å². The zero-order chi connectivity index (χ0) is 16.7. The number of hydrogen-bond donors (Lipinski definition) is 1. The van der Waals surface area contributed by atoms with Crippen LogP contribution < -0.4 is 5.73 Å². The molecule has 0 saturated heterocycles. The number of nitriles is 2. The van der Waals surface area contributed by atoms with Gasteiger partial charge in [0.25, 0.3) is 0 Å². The molecule has 0 aliphatic rings. The molecule has 1 aromatic heterocycles. The summed E-state index contributed by atoms with van der Waals surface area (Å²) in [6.45, 7) is 3.28. The molecule has 0 aliphatic heterocycles. The van der Waals surface area contributed by atoms with E-state index in [9.17, 15) is 9.59 Å². The molecule has 1 aromatic rings. The molecule has 0 unspecified atom stereocenters. The zero-order valence-electron chi connectivity index (χ0n) is 12.0. The summed E-state index contributed by atoms with van der Waals surface area (Å²) < 4.78 is 9.54. The predicted molar refractivity (Wildman–Crippen MR) is 72.3 cm³/mol. The van der Waals surface area contributed by atoms with E-state index in [1.807, 2.05) is 0 Å². The Morgan fingerprint density at radius 2 is 1.59 bits per heavy atom. The summed E-state index contributed by atoms with van der Waals surface area (Å²) in [6.07, 6.45) is 0. The maximum atomic E-state index is 11.9. The van der Waals surface area contributed by atoms with Gasteiger partial charge in [-0.1, -0.05) is 0 Å². The number of nitrogen functional groups attached to an aromatic ring is 1. The lowest BCUT2D eigenvalue weighted by molar-refractivity contribution is 0.0510. The Kier molecular flexibility index (Phi) is 5.78. The van der Waals surface area contributed by atoms with Crippen molar-refractivity contribution in [3.8, 4) is 12.1 Å². The average Bonchev–Trinajstić information content (AvgIpc) is 2.49. The van der Waals surface area contributed by atoms with E-state index in [4.69, 9.17) is 25.7 Å². The molecule has 1 rings (SSSR count). The molecule has 0 aromatic carbocycles. The van der Waals surface area contributed by atoms with Gasteiger partial charge < -0.3 is 15.2 Å². The highest BCUT2D eigenvalue weighted by Gasteiger charge is 2.28. The first-order valence-electron chi connectivity index (χ1n) is 6.30. The lowest BCUT2D eigenvalue weighted by atomic mass is 10.1. The third kappa shape index (κ3) is 3.46. The van der Waals surface area contributed by atoms with E-state index in [0.29, 0.717) is 0 Å². The van der Waals surface area contributed by atoms with E-state index < -0.39 is 23.6 Å². The lowest BCUT2D eigenvalue weighted by Gasteiger charge is -2.11. The van der Waals surface area contributed by atoms with Crippen molar-refractivity contribution in [1.82, 2.24) is 9.97 Å². The van der Waals surface area contributed by atoms with Gasteiger partial charge in [-0.2, -0.15) is 10.5 Å². The first-order valence-corrected chi connectivity index (χ1v) is 6.30. The van der Waals surface area contributed by atoms with Crippen molar-refractivity contribution in [2.45, 2.75) is 19.8 Å². The van der Waals surface area contributed by atoms with Crippen LogP contribution in [0.3, 0.4) is 0 Å². The van der Waals surface area contributed by atoms with Crippen LogP contribution in [0, 0.1) is 22.7 Å². The van der Waals surface area contributed by atoms with Crippen LogP contribution in [0.4, 0.5) is 5.82 Å². The molecule has 22 heavy (non-hydrogen) atoms. The summed E-state index contributed by atoms with van der Waals surface area (Å²) in [5, 5.41) is 17.9. The molecule has 1 heterocycles. The van der Waals surface area contributed by atoms with Crippen LogP contribution in [0.1, 0.15) is 46.4 Å². The summed E-state index contributed by atoms with van der Waals surface area (Å²) >= 11 is 0. The van der Waals surface area contributed by atoms with E-state index in [1.165, 1.54) is 0 Å². The topological polar surface area (TPSA) is 152 Å². The van der Waals surface area contributed by atoms with Crippen molar-refractivity contribution in [3.05, 3.63) is 17.1 Å². The minimum Gasteiger partial charge on any atom is -0.461 e. The molecule has 0 fully saturated rings. The molecule has 0 amide bonds.